The summed E-state index contributed by atoms with van der Waals surface area (Å²) in [4.78, 5) is 19.8. The summed E-state index contributed by atoms with van der Waals surface area (Å²) in [5, 5.41) is 4.50. The number of carbonyl (C=O) groups is 1. The van der Waals surface area contributed by atoms with Crippen LogP contribution in [0.15, 0.2) is 53.0 Å². The summed E-state index contributed by atoms with van der Waals surface area (Å²) in [6.45, 7) is 2.85. The summed E-state index contributed by atoms with van der Waals surface area (Å²) >= 11 is 1.26. The van der Waals surface area contributed by atoms with Crippen molar-refractivity contribution in [1.29, 1.82) is 0 Å². The standard InChI is InChI=1S/C17H20N4O2S/c1-2-3-11-23-15-7-5-14(6-8-15)12-20-21-16(22)13-24-17-18-9-4-10-19-17/h4-10,12H,2-3,11,13H2,1H3,(H,21,22)/b20-12-. The normalized spacial score (nSPS) is 10.7. The van der Waals surface area contributed by atoms with Crippen molar-refractivity contribution in [3.8, 4) is 5.75 Å². The van der Waals surface area contributed by atoms with Gasteiger partial charge in [0.05, 0.1) is 18.6 Å². The number of hydrogen-bond acceptors (Lipinski definition) is 6. The highest BCUT2D eigenvalue weighted by Gasteiger charge is 2.02. The molecule has 1 aromatic heterocycles. The van der Waals surface area contributed by atoms with Gasteiger partial charge in [-0.25, -0.2) is 15.4 Å². The third-order valence-electron chi connectivity index (χ3n) is 2.92. The summed E-state index contributed by atoms with van der Waals surface area (Å²) in [5.74, 6) is 0.845. The van der Waals surface area contributed by atoms with Crippen LogP contribution < -0.4 is 10.2 Å². The van der Waals surface area contributed by atoms with Gasteiger partial charge in [-0.1, -0.05) is 25.1 Å². The van der Waals surface area contributed by atoms with Crippen molar-refractivity contribution in [2.24, 2.45) is 5.10 Å². The number of hydrazone groups is 1. The van der Waals surface area contributed by atoms with E-state index >= 15 is 0 Å². The van der Waals surface area contributed by atoms with Crippen LogP contribution in [0, 0.1) is 0 Å². The van der Waals surface area contributed by atoms with Gasteiger partial charge in [0.2, 0.25) is 0 Å². The second-order valence-electron chi connectivity index (χ2n) is 4.88. The summed E-state index contributed by atoms with van der Waals surface area (Å²) < 4.78 is 5.59. The highest BCUT2D eigenvalue weighted by atomic mass is 32.2. The maximum absolute atomic E-state index is 11.7. The fourth-order valence-corrected chi connectivity index (χ4v) is 2.28. The molecule has 0 spiro atoms. The number of hydrogen-bond donors (Lipinski definition) is 1. The molecule has 126 valence electrons. The van der Waals surface area contributed by atoms with E-state index in [9.17, 15) is 4.79 Å². The Balaban J connectivity index is 1.71. The Morgan fingerprint density at radius 2 is 2.04 bits per heavy atom. The van der Waals surface area contributed by atoms with Crippen molar-refractivity contribution in [1.82, 2.24) is 15.4 Å². The molecule has 0 atom stereocenters. The molecule has 0 aliphatic heterocycles. The molecule has 0 radical (unpaired) electrons. The third kappa shape index (κ3) is 6.78. The van der Waals surface area contributed by atoms with E-state index in [1.807, 2.05) is 24.3 Å². The zero-order chi connectivity index (χ0) is 17.0. The Morgan fingerprint density at radius 3 is 2.75 bits per heavy atom. The lowest BCUT2D eigenvalue weighted by Gasteiger charge is -2.04. The fraction of sp³-hybridized carbons (Fsp3) is 0.294. The van der Waals surface area contributed by atoms with Gasteiger partial charge in [0, 0.05) is 12.4 Å². The number of nitrogens with one attached hydrogen (secondary N) is 1. The SMILES string of the molecule is CCCCOc1ccc(/C=N\NC(=O)CSc2ncccn2)cc1. The number of benzene rings is 1. The molecule has 1 heterocycles. The Labute approximate surface area is 145 Å². The quantitative estimate of drug-likeness (QED) is 0.249. The molecule has 1 N–H and O–H groups in total. The van der Waals surface area contributed by atoms with Crippen molar-refractivity contribution in [3.63, 3.8) is 0 Å². The summed E-state index contributed by atoms with van der Waals surface area (Å²) in [5.41, 5.74) is 3.37. The van der Waals surface area contributed by atoms with Crippen molar-refractivity contribution < 1.29 is 9.53 Å². The number of unbranched alkanes of at least 4 members (excludes halogenated alkanes) is 1. The molecule has 7 heteroatoms. The van der Waals surface area contributed by atoms with E-state index in [1.165, 1.54) is 11.8 Å². The monoisotopic (exact) mass is 344 g/mol. The van der Waals surface area contributed by atoms with E-state index in [0.29, 0.717) is 5.16 Å². The lowest BCUT2D eigenvalue weighted by atomic mass is 10.2. The smallest absolute Gasteiger partial charge is 0.250 e. The maximum Gasteiger partial charge on any atom is 0.250 e. The van der Waals surface area contributed by atoms with Gasteiger partial charge >= 0.3 is 0 Å². The minimum Gasteiger partial charge on any atom is -0.494 e. The summed E-state index contributed by atoms with van der Waals surface area (Å²) in [6, 6.07) is 9.30. The van der Waals surface area contributed by atoms with Crippen molar-refractivity contribution in [2.75, 3.05) is 12.4 Å². The summed E-state index contributed by atoms with van der Waals surface area (Å²) in [7, 11) is 0. The van der Waals surface area contributed by atoms with Crippen LogP contribution in [0.3, 0.4) is 0 Å². The minimum absolute atomic E-state index is 0.205. The second-order valence-corrected chi connectivity index (χ2v) is 5.83. The van der Waals surface area contributed by atoms with E-state index in [1.54, 1.807) is 24.7 Å². The first-order chi connectivity index (χ1) is 11.8. The number of aromatic nitrogens is 2. The van der Waals surface area contributed by atoms with Crippen LogP contribution in [0.1, 0.15) is 25.3 Å². The van der Waals surface area contributed by atoms with Gasteiger partial charge in [-0.2, -0.15) is 5.10 Å². The van der Waals surface area contributed by atoms with E-state index in [2.05, 4.69) is 27.4 Å². The molecule has 1 aromatic carbocycles. The zero-order valence-electron chi connectivity index (χ0n) is 13.5. The first-order valence-corrected chi connectivity index (χ1v) is 8.71. The van der Waals surface area contributed by atoms with Gasteiger partial charge in [0.15, 0.2) is 5.16 Å². The first-order valence-electron chi connectivity index (χ1n) is 7.72. The molecule has 0 bridgehead atoms. The van der Waals surface area contributed by atoms with Crippen molar-refractivity contribution in [3.05, 3.63) is 48.3 Å². The number of thioether (sulfide) groups is 1. The van der Waals surface area contributed by atoms with E-state index in [-0.39, 0.29) is 11.7 Å². The highest BCUT2D eigenvalue weighted by molar-refractivity contribution is 7.99. The second kappa shape index (κ2) is 10.4. The van der Waals surface area contributed by atoms with Crippen LogP contribution in [0.4, 0.5) is 0 Å². The van der Waals surface area contributed by atoms with E-state index < -0.39 is 0 Å². The van der Waals surface area contributed by atoms with Crippen LogP contribution in [0.5, 0.6) is 5.75 Å². The molecule has 24 heavy (non-hydrogen) atoms. The molecule has 0 aliphatic rings. The van der Waals surface area contributed by atoms with Crippen LogP contribution in [0.2, 0.25) is 0 Å². The topological polar surface area (TPSA) is 76.5 Å². The molecule has 0 unspecified atom stereocenters. The fourth-order valence-electron chi connectivity index (χ4n) is 1.69. The van der Waals surface area contributed by atoms with Crippen molar-refractivity contribution in [2.45, 2.75) is 24.9 Å². The van der Waals surface area contributed by atoms with Gasteiger partial charge in [0.25, 0.3) is 5.91 Å². The number of carbonyl (C=O) groups excluding carboxylic acids is 1. The lowest BCUT2D eigenvalue weighted by molar-refractivity contribution is -0.118. The van der Waals surface area contributed by atoms with Gasteiger partial charge in [0.1, 0.15) is 5.75 Å². The Kier molecular flexibility index (Phi) is 7.76. The van der Waals surface area contributed by atoms with E-state index in [4.69, 9.17) is 4.74 Å². The molecule has 2 aromatic rings. The Hall–Kier alpha value is -2.41. The van der Waals surface area contributed by atoms with Crippen LogP contribution >= 0.6 is 11.8 Å². The average Bonchev–Trinajstić information content (AvgIpc) is 2.62. The molecule has 0 saturated carbocycles. The van der Waals surface area contributed by atoms with Gasteiger partial charge in [-0.05, 0) is 42.3 Å². The Morgan fingerprint density at radius 1 is 1.29 bits per heavy atom. The van der Waals surface area contributed by atoms with Crippen molar-refractivity contribution >= 4 is 23.9 Å². The van der Waals surface area contributed by atoms with Crippen LogP contribution in [-0.4, -0.2) is 34.4 Å². The van der Waals surface area contributed by atoms with Gasteiger partial charge < -0.3 is 4.74 Å². The third-order valence-corrected chi connectivity index (χ3v) is 3.80. The molecule has 0 saturated heterocycles. The first kappa shape index (κ1) is 17.9. The molecule has 0 fully saturated rings. The number of amides is 1. The highest BCUT2D eigenvalue weighted by Crippen LogP contribution is 2.12. The van der Waals surface area contributed by atoms with Crippen LogP contribution in [-0.2, 0) is 4.79 Å². The van der Waals surface area contributed by atoms with E-state index in [0.717, 1.165) is 30.8 Å². The molecule has 2 rings (SSSR count). The molecule has 6 nitrogen and oxygen atoms in total. The largest absolute Gasteiger partial charge is 0.494 e. The zero-order valence-corrected chi connectivity index (χ0v) is 14.3. The maximum atomic E-state index is 11.7. The van der Waals surface area contributed by atoms with Gasteiger partial charge in [-0.3, -0.25) is 4.79 Å². The molecule has 1 amide bonds. The van der Waals surface area contributed by atoms with Gasteiger partial charge in [-0.15, -0.1) is 0 Å². The van der Waals surface area contributed by atoms with Crippen LogP contribution in [0.25, 0.3) is 0 Å². The average molecular weight is 344 g/mol. The summed E-state index contributed by atoms with van der Waals surface area (Å²) in [6.07, 6.45) is 7.03. The predicted molar refractivity (Wildman–Crippen MR) is 95.3 cm³/mol. The lowest BCUT2D eigenvalue weighted by Crippen LogP contribution is -2.19. The number of nitrogens with zero attached hydrogens (tertiary/aromatic N) is 3. The number of ether oxygens (including phenoxy) is 1. The predicted octanol–water partition coefficient (Wildman–Crippen LogP) is 2.90. The molecular weight excluding hydrogens is 324 g/mol. The molecule has 0 aliphatic carbocycles. The number of rotatable bonds is 9. The Bertz CT molecular complexity index is 647. The minimum atomic E-state index is -0.205. The molecular formula is C17H20N4O2S.